The monoisotopic (exact) mass is 335 g/mol. The fraction of sp³-hybridized carbons (Fsp3) is 0.316. The molecule has 6 heteroatoms. The van der Waals surface area contributed by atoms with Crippen LogP contribution in [0.25, 0.3) is 0 Å². The molecule has 1 fully saturated rings. The molecule has 1 amide bonds. The second-order valence-corrected chi connectivity index (χ2v) is 6.45. The van der Waals surface area contributed by atoms with Crippen molar-refractivity contribution in [1.82, 2.24) is 24.4 Å². The van der Waals surface area contributed by atoms with Gasteiger partial charge in [0.05, 0.1) is 6.54 Å². The molecule has 0 bridgehead atoms. The van der Waals surface area contributed by atoms with E-state index in [4.69, 9.17) is 0 Å². The molecule has 0 aromatic carbocycles. The van der Waals surface area contributed by atoms with Crippen LogP contribution < -0.4 is 0 Å². The molecular weight excluding hydrogens is 314 g/mol. The van der Waals surface area contributed by atoms with Crippen molar-refractivity contribution in [3.05, 3.63) is 72.3 Å². The van der Waals surface area contributed by atoms with E-state index in [0.29, 0.717) is 12.2 Å². The maximum atomic E-state index is 12.6. The average Bonchev–Trinajstić information content (AvgIpc) is 3.34. The van der Waals surface area contributed by atoms with Crippen molar-refractivity contribution in [3.8, 4) is 0 Å². The minimum absolute atomic E-state index is 0.0695. The van der Waals surface area contributed by atoms with Crippen LogP contribution in [0.2, 0.25) is 0 Å². The first-order valence-electron chi connectivity index (χ1n) is 8.64. The minimum Gasteiger partial charge on any atom is -0.357 e. The van der Waals surface area contributed by atoms with Gasteiger partial charge in [0.25, 0.3) is 5.91 Å². The lowest BCUT2D eigenvalue weighted by atomic mass is 9.96. The Hall–Kier alpha value is -2.89. The normalized spacial score (nSPS) is 17.6. The number of aromatic amines is 1. The van der Waals surface area contributed by atoms with E-state index >= 15 is 0 Å². The molecule has 1 N–H and O–H groups in total. The van der Waals surface area contributed by atoms with Gasteiger partial charge in [-0.1, -0.05) is 6.07 Å². The number of H-pyrrole nitrogens is 1. The molecule has 1 saturated heterocycles. The van der Waals surface area contributed by atoms with Gasteiger partial charge in [0, 0.05) is 50.0 Å². The molecule has 4 rings (SSSR count). The summed E-state index contributed by atoms with van der Waals surface area (Å²) in [6.07, 6.45) is 11.4. The molecule has 4 heterocycles. The van der Waals surface area contributed by atoms with Gasteiger partial charge < -0.3 is 14.5 Å². The zero-order chi connectivity index (χ0) is 17.1. The Balaban J connectivity index is 1.50. The maximum Gasteiger partial charge on any atom is 0.270 e. The van der Waals surface area contributed by atoms with Crippen molar-refractivity contribution >= 4 is 5.91 Å². The number of nitrogens with zero attached hydrogens (tertiary/aromatic N) is 4. The molecule has 0 radical (unpaired) electrons. The summed E-state index contributed by atoms with van der Waals surface area (Å²) in [4.78, 5) is 26.3. The first-order chi connectivity index (χ1) is 12.3. The van der Waals surface area contributed by atoms with E-state index < -0.39 is 0 Å². The first-order valence-corrected chi connectivity index (χ1v) is 8.64. The second-order valence-electron chi connectivity index (χ2n) is 6.45. The van der Waals surface area contributed by atoms with E-state index in [1.165, 1.54) is 0 Å². The van der Waals surface area contributed by atoms with Gasteiger partial charge in [0.2, 0.25) is 0 Å². The van der Waals surface area contributed by atoms with Gasteiger partial charge in [-0.05, 0) is 36.6 Å². The maximum absolute atomic E-state index is 12.6. The van der Waals surface area contributed by atoms with E-state index in [1.807, 2.05) is 41.7 Å². The Labute approximate surface area is 146 Å². The summed E-state index contributed by atoms with van der Waals surface area (Å²) in [5.74, 6) is 1.38. The summed E-state index contributed by atoms with van der Waals surface area (Å²) >= 11 is 0. The molecule has 128 valence electrons. The van der Waals surface area contributed by atoms with E-state index in [1.54, 1.807) is 12.4 Å². The fourth-order valence-electron chi connectivity index (χ4n) is 3.51. The zero-order valence-electron chi connectivity index (χ0n) is 14.0. The lowest BCUT2D eigenvalue weighted by Gasteiger charge is -2.32. The third-order valence-corrected chi connectivity index (χ3v) is 4.73. The summed E-state index contributed by atoms with van der Waals surface area (Å²) in [5.41, 5.74) is 1.80. The van der Waals surface area contributed by atoms with Gasteiger partial charge in [-0.25, -0.2) is 4.98 Å². The van der Waals surface area contributed by atoms with Crippen LogP contribution in [0.15, 0.2) is 55.2 Å². The standard InChI is InChI=1S/C19H21N5O/c25-19(17-6-2-8-21-17)24-10-3-5-16(14-24)18-22-9-11-23(18)13-15-4-1-7-20-12-15/h1-2,4,6-9,11-12,16,21H,3,5,10,13-14H2/t16-/m0/s1. The topological polar surface area (TPSA) is 66.8 Å². The van der Waals surface area contributed by atoms with Crippen molar-refractivity contribution in [2.75, 3.05) is 13.1 Å². The molecule has 25 heavy (non-hydrogen) atoms. The Morgan fingerprint density at radius 1 is 1.28 bits per heavy atom. The van der Waals surface area contributed by atoms with Crippen LogP contribution in [0.4, 0.5) is 0 Å². The number of hydrogen-bond donors (Lipinski definition) is 1. The number of imidazole rings is 1. The van der Waals surface area contributed by atoms with Crippen molar-refractivity contribution in [1.29, 1.82) is 0 Å². The summed E-state index contributed by atoms with van der Waals surface area (Å²) in [7, 11) is 0. The lowest BCUT2D eigenvalue weighted by Crippen LogP contribution is -2.40. The molecule has 0 aliphatic carbocycles. The molecule has 1 atom stereocenters. The number of rotatable bonds is 4. The molecule has 0 unspecified atom stereocenters. The Morgan fingerprint density at radius 3 is 3.04 bits per heavy atom. The summed E-state index contributed by atoms with van der Waals surface area (Å²) in [6, 6.07) is 7.70. The predicted octanol–water partition coefficient (Wildman–Crippen LogP) is 2.67. The number of nitrogens with one attached hydrogen (secondary N) is 1. The van der Waals surface area contributed by atoms with Crippen LogP contribution in [0.5, 0.6) is 0 Å². The molecular formula is C19H21N5O. The van der Waals surface area contributed by atoms with E-state index in [9.17, 15) is 4.79 Å². The number of amides is 1. The molecule has 0 spiro atoms. The highest BCUT2D eigenvalue weighted by atomic mass is 16.2. The highest BCUT2D eigenvalue weighted by molar-refractivity contribution is 5.92. The van der Waals surface area contributed by atoms with Crippen molar-refractivity contribution < 1.29 is 4.79 Å². The van der Waals surface area contributed by atoms with Gasteiger partial charge in [0.15, 0.2) is 0 Å². The largest absolute Gasteiger partial charge is 0.357 e. The van der Waals surface area contributed by atoms with Crippen molar-refractivity contribution in [3.63, 3.8) is 0 Å². The van der Waals surface area contributed by atoms with Crippen molar-refractivity contribution in [2.24, 2.45) is 0 Å². The summed E-state index contributed by atoms with van der Waals surface area (Å²) in [6.45, 7) is 2.27. The van der Waals surface area contributed by atoms with Gasteiger partial charge in [0.1, 0.15) is 11.5 Å². The van der Waals surface area contributed by atoms with Gasteiger partial charge in [-0.15, -0.1) is 0 Å². The van der Waals surface area contributed by atoms with Crippen LogP contribution >= 0.6 is 0 Å². The third-order valence-electron chi connectivity index (χ3n) is 4.73. The number of piperidine rings is 1. The van der Waals surface area contributed by atoms with E-state index in [0.717, 1.165) is 37.3 Å². The highest BCUT2D eigenvalue weighted by Gasteiger charge is 2.28. The van der Waals surface area contributed by atoms with Crippen LogP contribution in [0, 0.1) is 0 Å². The molecule has 3 aromatic rings. The SMILES string of the molecule is O=C(c1ccc[nH]1)N1CCC[C@H](c2nccn2Cc2cccnc2)C1. The fourth-order valence-corrected chi connectivity index (χ4v) is 3.51. The van der Waals surface area contributed by atoms with Gasteiger partial charge in [-0.2, -0.15) is 0 Å². The average molecular weight is 335 g/mol. The van der Waals surface area contributed by atoms with Gasteiger partial charge >= 0.3 is 0 Å². The van der Waals surface area contributed by atoms with E-state index in [2.05, 4.69) is 25.6 Å². The number of pyridine rings is 1. The van der Waals surface area contributed by atoms with Crippen LogP contribution in [0.1, 0.15) is 40.6 Å². The number of hydrogen-bond acceptors (Lipinski definition) is 3. The van der Waals surface area contributed by atoms with Crippen molar-refractivity contribution in [2.45, 2.75) is 25.3 Å². The Morgan fingerprint density at radius 2 is 2.24 bits per heavy atom. The number of carbonyl (C=O) groups is 1. The number of carbonyl (C=O) groups excluding carboxylic acids is 1. The first kappa shape index (κ1) is 15.6. The number of aromatic nitrogens is 4. The smallest absolute Gasteiger partial charge is 0.270 e. The van der Waals surface area contributed by atoms with E-state index in [-0.39, 0.29) is 11.8 Å². The lowest BCUT2D eigenvalue weighted by molar-refractivity contribution is 0.0698. The Kier molecular flexibility index (Phi) is 4.33. The van der Waals surface area contributed by atoms with Crippen LogP contribution in [-0.4, -0.2) is 43.4 Å². The molecule has 6 nitrogen and oxygen atoms in total. The quantitative estimate of drug-likeness (QED) is 0.797. The summed E-state index contributed by atoms with van der Waals surface area (Å²) in [5, 5.41) is 0. The molecule has 0 saturated carbocycles. The zero-order valence-corrected chi connectivity index (χ0v) is 14.0. The third kappa shape index (κ3) is 3.33. The molecule has 1 aliphatic heterocycles. The predicted molar refractivity (Wildman–Crippen MR) is 94.2 cm³/mol. The summed E-state index contributed by atoms with van der Waals surface area (Å²) < 4.78 is 2.17. The van der Waals surface area contributed by atoms with Crippen LogP contribution in [0.3, 0.4) is 0 Å². The number of likely N-dealkylation sites (tertiary alicyclic amines) is 1. The van der Waals surface area contributed by atoms with Gasteiger partial charge in [-0.3, -0.25) is 9.78 Å². The second kappa shape index (κ2) is 6.93. The minimum atomic E-state index is 0.0695. The van der Waals surface area contributed by atoms with Crippen LogP contribution in [-0.2, 0) is 6.54 Å². The Bertz CT molecular complexity index is 825. The highest BCUT2D eigenvalue weighted by Crippen LogP contribution is 2.27. The molecule has 1 aliphatic rings. The molecule has 3 aromatic heterocycles.